The molecule has 12 aromatic rings. The van der Waals surface area contributed by atoms with Crippen molar-refractivity contribution in [2.24, 2.45) is 0 Å². The molecule has 3 nitrogen and oxygen atoms in total. The van der Waals surface area contributed by atoms with Crippen LogP contribution in [0.25, 0.3) is 111 Å². The van der Waals surface area contributed by atoms with Crippen LogP contribution in [0.1, 0.15) is 72.3 Å². The van der Waals surface area contributed by atoms with Crippen LogP contribution >= 0.6 is 0 Å². The molecule has 0 aliphatic rings. The van der Waals surface area contributed by atoms with Gasteiger partial charge in [0.25, 0.3) is 0 Å². The average molecular weight is 1020 g/mol. The molecule has 2 heterocycles. The Labute approximate surface area is 456 Å². The molecule has 0 aliphatic carbocycles. The zero-order valence-corrected chi connectivity index (χ0v) is 46.5. The molecule has 0 radical (unpaired) electrons. The Kier molecular flexibility index (Phi) is 12.0. The molecule has 0 bridgehead atoms. The minimum Gasteiger partial charge on any atom is -0.308 e. The Morgan fingerprint density at radius 1 is 0.308 bits per heavy atom. The average Bonchev–Trinajstić information content (AvgIpc) is 3.92. The van der Waals surface area contributed by atoms with E-state index in [4.69, 9.17) is 0 Å². The van der Waals surface area contributed by atoms with Gasteiger partial charge < -0.3 is 9.13 Å². The molecule has 382 valence electrons. The molecule has 0 unspecified atom stereocenters. The topological polar surface area (TPSA) is 33.6 Å². The van der Waals surface area contributed by atoms with Gasteiger partial charge in [-0.15, -0.1) is 0 Å². The fourth-order valence-corrected chi connectivity index (χ4v) is 13.7. The first kappa shape index (κ1) is 50.0. The lowest BCUT2D eigenvalue weighted by Crippen LogP contribution is -2.06. The summed E-state index contributed by atoms with van der Waals surface area (Å²) >= 11 is 0. The highest BCUT2D eigenvalue weighted by molar-refractivity contribution is 6.14. The predicted octanol–water partition coefficient (Wildman–Crippen LogP) is 20.1. The number of nitrogens with zero attached hydrogens (tertiary/aromatic N) is 3. The number of aryl methyl sites for hydroxylation is 12. The third kappa shape index (κ3) is 8.04. The number of aromatic nitrogens is 2. The molecule has 0 fully saturated rings. The van der Waals surface area contributed by atoms with Gasteiger partial charge in [-0.3, -0.25) is 0 Å². The molecule has 0 atom stereocenters. The second-order valence-corrected chi connectivity index (χ2v) is 22.3. The maximum Gasteiger partial charge on any atom is 0.133 e. The summed E-state index contributed by atoms with van der Waals surface area (Å²) in [6.45, 7) is 25.8. The van der Waals surface area contributed by atoms with Gasteiger partial charge in [0.05, 0.1) is 39.0 Å². The molecule has 5 heteroatoms. The number of nitriles is 1. The summed E-state index contributed by atoms with van der Waals surface area (Å²) in [5.41, 5.74) is 28.1. The van der Waals surface area contributed by atoms with Gasteiger partial charge in [0, 0.05) is 21.5 Å². The van der Waals surface area contributed by atoms with Gasteiger partial charge in [0.2, 0.25) is 0 Å². The summed E-state index contributed by atoms with van der Waals surface area (Å²) in [7, 11) is 0. The summed E-state index contributed by atoms with van der Waals surface area (Å²) in [5, 5.41) is 16.0. The fraction of sp³-hybridized carbons (Fsp3) is 0.164. The van der Waals surface area contributed by atoms with E-state index in [0.29, 0.717) is 22.5 Å². The highest BCUT2D eigenvalue weighted by Gasteiger charge is 2.26. The quantitative estimate of drug-likeness (QED) is 0.157. The van der Waals surface area contributed by atoms with E-state index >= 15 is 8.78 Å². The third-order valence-corrected chi connectivity index (χ3v) is 16.3. The predicted molar refractivity (Wildman–Crippen MR) is 324 cm³/mol. The van der Waals surface area contributed by atoms with Crippen LogP contribution in [-0.4, -0.2) is 9.13 Å². The third-order valence-electron chi connectivity index (χ3n) is 16.3. The van der Waals surface area contributed by atoms with Crippen LogP contribution in [0, 0.1) is 106 Å². The number of benzene rings is 10. The lowest BCUT2D eigenvalue weighted by molar-refractivity contribution is 0.589. The summed E-state index contributed by atoms with van der Waals surface area (Å²) < 4.78 is 37.6. The molecule has 2 aromatic heterocycles. The highest BCUT2D eigenvalue weighted by atomic mass is 19.1. The Balaban J connectivity index is 1.24. The molecular weight excluding hydrogens is 957 g/mol. The van der Waals surface area contributed by atoms with Crippen molar-refractivity contribution in [1.82, 2.24) is 9.13 Å². The van der Waals surface area contributed by atoms with Crippen molar-refractivity contribution in [3.05, 3.63) is 236 Å². The Bertz CT molecular complexity index is 4240. The van der Waals surface area contributed by atoms with Crippen LogP contribution in [0.4, 0.5) is 8.78 Å². The molecule has 78 heavy (non-hydrogen) atoms. The van der Waals surface area contributed by atoms with E-state index < -0.39 is 11.6 Å². The van der Waals surface area contributed by atoms with Crippen LogP contribution in [0.5, 0.6) is 0 Å². The largest absolute Gasteiger partial charge is 0.308 e. The van der Waals surface area contributed by atoms with Crippen molar-refractivity contribution in [2.45, 2.75) is 83.1 Å². The van der Waals surface area contributed by atoms with Crippen LogP contribution in [0.3, 0.4) is 0 Å². The van der Waals surface area contributed by atoms with Crippen LogP contribution < -0.4 is 0 Å². The minimum absolute atomic E-state index is 0.163. The summed E-state index contributed by atoms with van der Waals surface area (Å²) in [6, 6.07) is 54.6. The highest BCUT2D eigenvalue weighted by Crippen LogP contribution is 2.46. The van der Waals surface area contributed by atoms with E-state index in [1.165, 1.54) is 73.8 Å². The molecule has 0 saturated carbocycles. The van der Waals surface area contributed by atoms with Crippen LogP contribution in [0.2, 0.25) is 0 Å². The normalized spacial score (nSPS) is 11.7. The van der Waals surface area contributed by atoms with Gasteiger partial charge in [-0.1, -0.05) is 113 Å². The van der Waals surface area contributed by atoms with Crippen molar-refractivity contribution >= 4 is 43.6 Å². The zero-order chi connectivity index (χ0) is 54.7. The molecule has 0 saturated heterocycles. The maximum absolute atomic E-state index is 16.6. The van der Waals surface area contributed by atoms with E-state index in [9.17, 15) is 5.26 Å². The molecule has 0 amide bonds. The first-order valence-corrected chi connectivity index (χ1v) is 26.9. The van der Waals surface area contributed by atoms with Crippen LogP contribution in [0.15, 0.2) is 152 Å². The molecule has 0 aliphatic heterocycles. The standard InChI is InChI=1S/C73H61F2N3/c1-39-24-43(5)69(44(6)25-39)51-18-22-63-58(32-51)56-20-16-53(71-47(9)28-41(3)29-48(71)10)34-65(56)77(63)67-36-55(73-61(74)14-13-15-62(73)75)37-68(60(67)38-76)78-64-23-19-52(70-45(7)26-40(2)27-46(70)8)33-59(64)57-21-17-54(35-66(57)78)72-49(11)30-42(4)31-50(72)12/h13-37H,1-12H3. The van der Waals surface area contributed by atoms with Gasteiger partial charge >= 0.3 is 0 Å². The fourth-order valence-electron chi connectivity index (χ4n) is 13.7. The first-order valence-electron chi connectivity index (χ1n) is 26.9. The van der Waals surface area contributed by atoms with Gasteiger partial charge in [-0.05, 0) is 238 Å². The van der Waals surface area contributed by atoms with E-state index in [-0.39, 0.29) is 5.56 Å². The number of fused-ring (bicyclic) bond motifs is 6. The second-order valence-electron chi connectivity index (χ2n) is 22.3. The van der Waals surface area contributed by atoms with Crippen molar-refractivity contribution < 1.29 is 8.78 Å². The molecule has 0 N–H and O–H groups in total. The van der Waals surface area contributed by atoms with E-state index in [1.807, 2.05) is 12.1 Å². The summed E-state index contributed by atoms with van der Waals surface area (Å²) in [4.78, 5) is 0. The van der Waals surface area contributed by atoms with E-state index in [1.54, 1.807) is 0 Å². The van der Waals surface area contributed by atoms with Gasteiger partial charge in [0.15, 0.2) is 0 Å². The maximum atomic E-state index is 16.6. The minimum atomic E-state index is -0.691. The molecule has 0 spiro atoms. The Hall–Kier alpha value is -8.85. The van der Waals surface area contributed by atoms with Crippen molar-refractivity contribution in [1.29, 1.82) is 5.26 Å². The Morgan fingerprint density at radius 3 is 0.936 bits per heavy atom. The Morgan fingerprint density at radius 2 is 0.615 bits per heavy atom. The summed E-state index contributed by atoms with van der Waals surface area (Å²) in [5.74, 6) is -1.38. The lowest BCUT2D eigenvalue weighted by atomic mass is 9.92. The smallest absolute Gasteiger partial charge is 0.133 e. The van der Waals surface area contributed by atoms with Crippen molar-refractivity contribution in [3.8, 4) is 73.1 Å². The SMILES string of the molecule is Cc1cc(C)c(-c2ccc3c(c2)c2ccc(-c4c(C)cc(C)cc4C)cc2n3-c2cc(-c3c(F)cccc3F)cc(-n3c4ccc(-c5c(C)cc(C)cc5C)cc4c4ccc(-c5c(C)cc(C)cc5C)cc43)c2C#N)c(C)c1. The van der Waals surface area contributed by atoms with Gasteiger partial charge in [0.1, 0.15) is 23.3 Å². The first-order chi connectivity index (χ1) is 37.4. The van der Waals surface area contributed by atoms with E-state index in [2.05, 4.69) is 220 Å². The number of hydrogen-bond acceptors (Lipinski definition) is 1. The number of hydrogen-bond donors (Lipinski definition) is 0. The summed E-state index contributed by atoms with van der Waals surface area (Å²) in [6.07, 6.45) is 0. The lowest BCUT2D eigenvalue weighted by Gasteiger charge is -2.20. The van der Waals surface area contributed by atoms with Gasteiger partial charge in [-0.25, -0.2) is 8.78 Å². The van der Waals surface area contributed by atoms with E-state index in [0.717, 1.165) is 99.2 Å². The second kappa shape index (κ2) is 18.7. The van der Waals surface area contributed by atoms with Crippen LogP contribution in [-0.2, 0) is 0 Å². The molecule has 10 aromatic carbocycles. The molecule has 12 rings (SSSR count). The molecular formula is C73H61F2N3. The monoisotopic (exact) mass is 1020 g/mol. The van der Waals surface area contributed by atoms with Crippen molar-refractivity contribution in [2.75, 3.05) is 0 Å². The number of rotatable bonds is 7. The van der Waals surface area contributed by atoms with Crippen molar-refractivity contribution in [3.63, 3.8) is 0 Å². The zero-order valence-electron chi connectivity index (χ0n) is 46.5. The number of halogens is 2. The van der Waals surface area contributed by atoms with Gasteiger partial charge in [-0.2, -0.15) is 5.26 Å².